The van der Waals surface area contributed by atoms with Gasteiger partial charge in [0.05, 0.1) is 4.92 Å². The largest absolute Gasteiger partial charge is 0.454 e. The van der Waals surface area contributed by atoms with Crippen LogP contribution in [-0.2, 0) is 14.3 Å². The fraction of sp³-hybridized carbons (Fsp3) is 0.526. The standard InChI is InChI=1S/C19H24ClN3O6/c1-12(2)17(19(26)29-11-16(24)22-8-4-3-5-9-22)21-18(25)13-6-7-14(20)15(10-13)23(27)28/h6-7,10,12,17H,3-5,8-9,11H2,1-2H3,(H,21,25). The van der Waals surface area contributed by atoms with Gasteiger partial charge in [0.2, 0.25) is 0 Å². The number of nitrogens with zero attached hydrogens (tertiary/aromatic N) is 2. The van der Waals surface area contributed by atoms with E-state index in [2.05, 4.69) is 5.32 Å². The Kier molecular flexibility index (Phi) is 7.95. The van der Waals surface area contributed by atoms with E-state index < -0.39 is 28.5 Å². The minimum absolute atomic E-state index is 0.0102. The lowest BCUT2D eigenvalue weighted by Crippen LogP contribution is -2.46. The molecule has 1 saturated heterocycles. The third-order valence-corrected chi connectivity index (χ3v) is 4.98. The smallest absolute Gasteiger partial charge is 0.329 e. The second kappa shape index (κ2) is 10.2. The maximum atomic E-state index is 12.5. The zero-order valence-corrected chi connectivity index (χ0v) is 17.1. The second-order valence-electron chi connectivity index (χ2n) is 7.17. The molecule has 158 valence electrons. The van der Waals surface area contributed by atoms with Crippen molar-refractivity contribution in [2.45, 2.75) is 39.2 Å². The van der Waals surface area contributed by atoms with Crippen LogP contribution < -0.4 is 5.32 Å². The third-order valence-electron chi connectivity index (χ3n) is 4.66. The average Bonchev–Trinajstić information content (AvgIpc) is 2.70. The first kappa shape index (κ1) is 22.6. The number of likely N-dealkylation sites (tertiary alicyclic amines) is 1. The molecule has 1 aliphatic heterocycles. The number of amides is 2. The molecule has 0 aliphatic carbocycles. The summed E-state index contributed by atoms with van der Waals surface area (Å²) in [6.07, 6.45) is 2.93. The fourth-order valence-electron chi connectivity index (χ4n) is 2.97. The van der Waals surface area contributed by atoms with Crippen LogP contribution in [0.2, 0.25) is 5.02 Å². The Labute approximate surface area is 173 Å². The van der Waals surface area contributed by atoms with Gasteiger partial charge in [-0.15, -0.1) is 0 Å². The molecule has 0 aromatic heterocycles. The fourth-order valence-corrected chi connectivity index (χ4v) is 3.16. The van der Waals surface area contributed by atoms with E-state index in [4.69, 9.17) is 16.3 Å². The number of esters is 1. The van der Waals surface area contributed by atoms with E-state index in [0.29, 0.717) is 13.1 Å². The van der Waals surface area contributed by atoms with E-state index >= 15 is 0 Å². The van der Waals surface area contributed by atoms with Gasteiger partial charge in [-0.25, -0.2) is 4.79 Å². The van der Waals surface area contributed by atoms with Gasteiger partial charge in [0.15, 0.2) is 6.61 Å². The molecule has 10 heteroatoms. The molecule has 1 fully saturated rings. The van der Waals surface area contributed by atoms with Gasteiger partial charge in [-0.05, 0) is 37.3 Å². The predicted octanol–water partition coefficient (Wildman–Crippen LogP) is 2.56. The molecule has 29 heavy (non-hydrogen) atoms. The highest BCUT2D eigenvalue weighted by atomic mass is 35.5. The first-order valence-corrected chi connectivity index (χ1v) is 9.77. The van der Waals surface area contributed by atoms with Gasteiger partial charge in [0.1, 0.15) is 11.1 Å². The maximum absolute atomic E-state index is 12.5. The normalized spacial score (nSPS) is 15.0. The van der Waals surface area contributed by atoms with Crippen LogP contribution in [-0.4, -0.2) is 53.3 Å². The van der Waals surface area contributed by atoms with Crippen molar-refractivity contribution >= 4 is 35.1 Å². The van der Waals surface area contributed by atoms with Crippen molar-refractivity contribution in [2.75, 3.05) is 19.7 Å². The number of nitro benzene ring substituents is 1. The molecule has 9 nitrogen and oxygen atoms in total. The van der Waals surface area contributed by atoms with Crippen LogP contribution in [0.1, 0.15) is 43.5 Å². The van der Waals surface area contributed by atoms with Crippen LogP contribution in [0.15, 0.2) is 18.2 Å². The van der Waals surface area contributed by atoms with Crippen LogP contribution in [0, 0.1) is 16.0 Å². The van der Waals surface area contributed by atoms with Gasteiger partial charge in [-0.2, -0.15) is 0 Å². The number of hydrogen-bond acceptors (Lipinski definition) is 6. The molecule has 2 amide bonds. The molecule has 1 aromatic rings. The van der Waals surface area contributed by atoms with Crippen molar-refractivity contribution < 1.29 is 24.0 Å². The average molecular weight is 426 g/mol. The van der Waals surface area contributed by atoms with Crippen molar-refractivity contribution in [3.63, 3.8) is 0 Å². The van der Waals surface area contributed by atoms with E-state index in [9.17, 15) is 24.5 Å². The van der Waals surface area contributed by atoms with Gasteiger partial charge < -0.3 is 15.0 Å². The molecule has 1 unspecified atom stereocenters. The van der Waals surface area contributed by atoms with Crippen LogP contribution in [0.5, 0.6) is 0 Å². The van der Waals surface area contributed by atoms with E-state index in [-0.39, 0.29) is 29.0 Å². The number of piperidine rings is 1. The summed E-state index contributed by atoms with van der Waals surface area (Å²) in [5, 5.41) is 13.4. The molecule has 0 saturated carbocycles. The van der Waals surface area contributed by atoms with E-state index in [0.717, 1.165) is 25.3 Å². The highest BCUT2D eigenvalue weighted by Crippen LogP contribution is 2.25. The monoisotopic (exact) mass is 425 g/mol. The number of rotatable bonds is 7. The highest BCUT2D eigenvalue weighted by molar-refractivity contribution is 6.32. The molecule has 1 aliphatic rings. The Hall–Kier alpha value is -2.68. The lowest BCUT2D eigenvalue weighted by atomic mass is 10.0. The number of carbonyl (C=O) groups excluding carboxylic acids is 3. The van der Waals surface area contributed by atoms with Gasteiger partial charge in [0, 0.05) is 24.7 Å². The Morgan fingerprint density at radius 1 is 1.24 bits per heavy atom. The molecule has 0 radical (unpaired) electrons. The van der Waals surface area contributed by atoms with Crippen molar-refractivity contribution in [3.05, 3.63) is 38.9 Å². The van der Waals surface area contributed by atoms with Crippen LogP contribution in [0.4, 0.5) is 5.69 Å². The number of benzene rings is 1. The van der Waals surface area contributed by atoms with E-state index in [1.54, 1.807) is 18.7 Å². The summed E-state index contributed by atoms with van der Waals surface area (Å²) in [7, 11) is 0. The molecule has 1 heterocycles. The minimum atomic E-state index is -1.01. The van der Waals surface area contributed by atoms with E-state index in [1.807, 2.05) is 0 Å². The summed E-state index contributed by atoms with van der Waals surface area (Å²) >= 11 is 5.75. The second-order valence-corrected chi connectivity index (χ2v) is 7.57. The van der Waals surface area contributed by atoms with Gasteiger partial charge in [-0.1, -0.05) is 25.4 Å². The first-order chi connectivity index (χ1) is 13.7. The lowest BCUT2D eigenvalue weighted by molar-refractivity contribution is -0.384. The Bertz CT molecular complexity index is 792. The van der Waals surface area contributed by atoms with Crippen molar-refractivity contribution in [1.82, 2.24) is 10.2 Å². The predicted molar refractivity (Wildman–Crippen MR) is 106 cm³/mol. The minimum Gasteiger partial charge on any atom is -0.454 e. The summed E-state index contributed by atoms with van der Waals surface area (Å²) in [4.78, 5) is 49.0. The summed E-state index contributed by atoms with van der Waals surface area (Å²) < 4.78 is 5.12. The summed E-state index contributed by atoms with van der Waals surface area (Å²) in [5.41, 5.74) is -0.418. The Morgan fingerprint density at radius 2 is 1.90 bits per heavy atom. The number of carbonyl (C=O) groups is 3. The van der Waals surface area contributed by atoms with Crippen molar-refractivity contribution in [2.24, 2.45) is 5.92 Å². The van der Waals surface area contributed by atoms with Gasteiger partial charge >= 0.3 is 5.97 Å². The Balaban J connectivity index is 2.00. The zero-order valence-electron chi connectivity index (χ0n) is 16.4. The number of nitrogens with one attached hydrogen (secondary N) is 1. The maximum Gasteiger partial charge on any atom is 0.329 e. The summed E-state index contributed by atoms with van der Waals surface area (Å²) in [6, 6.07) is 2.61. The summed E-state index contributed by atoms with van der Waals surface area (Å²) in [5.74, 6) is -2.00. The van der Waals surface area contributed by atoms with E-state index in [1.165, 1.54) is 12.1 Å². The topological polar surface area (TPSA) is 119 Å². The van der Waals surface area contributed by atoms with Crippen molar-refractivity contribution in [3.8, 4) is 0 Å². The SMILES string of the molecule is CC(C)C(NC(=O)c1ccc(Cl)c([N+](=O)[O-])c1)C(=O)OCC(=O)N1CCCCC1. The van der Waals surface area contributed by atoms with Crippen LogP contribution in [0.3, 0.4) is 0 Å². The molecule has 1 aromatic carbocycles. The highest BCUT2D eigenvalue weighted by Gasteiger charge is 2.28. The quantitative estimate of drug-likeness (QED) is 0.407. The number of hydrogen-bond donors (Lipinski definition) is 1. The Morgan fingerprint density at radius 3 is 2.48 bits per heavy atom. The number of halogens is 1. The molecule has 0 spiro atoms. The molecular formula is C19H24ClN3O6. The molecule has 1 N–H and O–H groups in total. The molecular weight excluding hydrogens is 402 g/mol. The zero-order chi connectivity index (χ0) is 21.6. The van der Waals surface area contributed by atoms with Gasteiger partial charge in [-0.3, -0.25) is 19.7 Å². The number of ether oxygens (including phenoxy) is 1. The third kappa shape index (κ3) is 6.15. The first-order valence-electron chi connectivity index (χ1n) is 9.40. The van der Waals surface area contributed by atoms with Crippen molar-refractivity contribution in [1.29, 1.82) is 0 Å². The van der Waals surface area contributed by atoms with Crippen LogP contribution in [0.25, 0.3) is 0 Å². The molecule has 0 bridgehead atoms. The summed E-state index contributed by atoms with van der Waals surface area (Å²) in [6.45, 7) is 4.34. The lowest BCUT2D eigenvalue weighted by Gasteiger charge is -2.27. The molecule has 1 atom stereocenters. The van der Waals surface area contributed by atoms with Crippen LogP contribution >= 0.6 is 11.6 Å². The number of nitro groups is 1. The van der Waals surface area contributed by atoms with Gasteiger partial charge in [0.25, 0.3) is 17.5 Å². The molecule has 2 rings (SSSR count).